The van der Waals surface area contributed by atoms with Crippen molar-refractivity contribution in [2.75, 3.05) is 13.7 Å². The molecule has 0 saturated heterocycles. The first-order valence-electron chi connectivity index (χ1n) is 10.0. The van der Waals surface area contributed by atoms with Crippen molar-refractivity contribution in [1.82, 2.24) is 4.98 Å². The molecule has 0 bridgehead atoms. The Kier molecular flexibility index (Phi) is 5.85. The van der Waals surface area contributed by atoms with Gasteiger partial charge in [-0.25, -0.2) is 9.78 Å². The van der Waals surface area contributed by atoms with Crippen LogP contribution in [-0.4, -0.2) is 29.8 Å². The van der Waals surface area contributed by atoms with Gasteiger partial charge in [0.15, 0.2) is 11.5 Å². The molecule has 0 spiro atoms. The van der Waals surface area contributed by atoms with Crippen LogP contribution in [0.3, 0.4) is 0 Å². The van der Waals surface area contributed by atoms with E-state index in [1.807, 2.05) is 61.5 Å². The lowest BCUT2D eigenvalue weighted by Crippen LogP contribution is -2.03. The third-order valence-electron chi connectivity index (χ3n) is 5.15. The molecule has 0 fully saturated rings. The van der Waals surface area contributed by atoms with Crippen LogP contribution in [0.1, 0.15) is 21.5 Å². The van der Waals surface area contributed by atoms with Gasteiger partial charge in [-0.15, -0.1) is 0 Å². The Hall–Kier alpha value is -3.86. The van der Waals surface area contributed by atoms with E-state index in [0.717, 1.165) is 17.5 Å². The molecule has 0 aliphatic heterocycles. The van der Waals surface area contributed by atoms with E-state index in [2.05, 4.69) is 17.1 Å². The molecule has 0 atom stereocenters. The zero-order valence-electron chi connectivity index (χ0n) is 17.5. The summed E-state index contributed by atoms with van der Waals surface area (Å²) in [6.07, 6.45) is 0.791. The topological polar surface area (TPSA) is 68.7 Å². The number of rotatable bonds is 7. The first kappa shape index (κ1) is 20.4. The summed E-state index contributed by atoms with van der Waals surface area (Å²) >= 11 is 0. The molecular weight excluding hydrogens is 390 g/mol. The number of aromatic nitrogens is 1. The minimum absolute atomic E-state index is 0.228. The molecule has 0 saturated carbocycles. The summed E-state index contributed by atoms with van der Waals surface area (Å²) in [5.74, 6) is 0.234. The minimum Gasteiger partial charge on any atom is -0.493 e. The zero-order chi connectivity index (χ0) is 21.8. The Balaban J connectivity index is 1.63. The molecule has 5 heteroatoms. The van der Waals surface area contributed by atoms with Gasteiger partial charge in [0, 0.05) is 17.4 Å². The summed E-state index contributed by atoms with van der Waals surface area (Å²) < 4.78 is 11.5. The van der Waals surface area contributed by atoms with E-state index >= 15 is 0 Å². The number of hydrogen-bond acceptors (Lipinski definition) is 4. The predicted molar refractivity (Wildman–Crippen MR) is 121 cm³/mol. The second-order valence-electron chi connectivity index (χ2n) is 7.33. The van der Waals surface area contributed by atoms with Crippen molar-refractivity contribution < 1.29 is 19.4 Å². The maximum Gasteiger partial charge on any atom is 0.336 e. The molecule has 0 radical (unpaired) electrons. The molecule has 0 aliphatic carbocycles. The average molecular weight is 413 g/mol. The van der Waals surface area contributed by atoms with Gasteiger partial charge in [0.2, 0.25) is 0 Å². The van der Waals surface area contributed by atoms with E-state index in [9.17, 15) is 9.90 Å². The molecule has 1 N–H and O–H groups in total. The fourth-order valence-corrected chi connectivity index (χ4v) is 3.53. The summed E-state index contributed by atoms with van der Waals surface area (Å²) in [5, 5.41) is 10.3. The number of hydrogen-bond donors (Lipinski definition) is 1. The molecule has 1 aromatic heterocycles. The van der Waals surface area contributed by atoms with Crippen LogP contribution in [0.15, 0.2) is 72.8 Å². The van der Waals surface area contributed by atoms with Gasteiger partial charge in [-0.1, -0.05) is 42.0 Å². The number of fused-ring (bicyclic) bond motifs is 1. The van der Waals surface area contributed by atoms with E-state index in [1.165, 1.54) is 5.56 Å². The van der Waals surface area contributed by atoms with Gasteiger partial charge < -0.3 is 14.6 Å². The highest BCUT2D eigenvalue weighted by molar-refractivity contribution is 6.04. The van der Waals surface area contributed by atoms with Gasteiger partial charge in [-0.05, 0) is 48.9 Å². The summed E-state index contributed by atoms with van der Waals surface area (Å²) in [7, 11) is 1.59. The van der Waals surface area contributed by atoms with Gasteiger partial charge in [0.05, 0.1) is 30.5 Å². The number of aromatic carboxylic acids is 1. The van der Waals surface area contributed by atoms with Crippen LogP contribution in [0.4, 0.5) is 0 Å². The highest BCUT2D eigenvalue weighted by Gasteiger charge is 2.15. The quantitative estimate of drug-likeness (QED) is 0.431. The molecular formula is C26H23NO4. The number of carboxylic acid groups (broad SMARTS) is 1. The second-order valence-corrected chi connectivity index (χ2v) is 7.33. The summed E-state index contributed by atoms with van der Waals surface area (Å²) in [6, 6.07) is 22.9. The summed E-state index contributed by atoms with van der Waals surface area (Å²) in [5.41, 5.74) is 4.40. The van der Waals surface area contributed by atoms with Gasteiger partial charge in [-0.3, -0.25) is 0 Å². The number of benzene rings is 3. The van der Waals surface area contributed by atoms with Crippen LogP contribution in [0.25, 0.3) is 22.2 Å². The van der Waals surface area contributed by atoms with Crippen LogP contribution < -0.4 is 9.47 Å². The number of nitrogens with zero attached hydrogens (tertiary/aromatic N) is 1. The highest BCUT2D eigenvalue weighted by atomic mass is 16.5. The standard InChI is InChI=1S/C26H23NO4/c1-17-8-10-22-20(14-17)21(26(28)29)16-23(27-22)19-9-11-24(25(15-19)30-2)31-13-12-18-6-4-3-5-7-18/h3-11,14-16H,12-13H2,1-2H3,(H,28,29). The Labute approximate surface area is 180 Å². The number of pyridine rings is 1. The normalized spacial score (nSPS) is 10.8. The van der Waals surface area contributed by atoms with Crippen LogP contribution in [0.5, 0.6) is 11.5 Å². The lowest BCUT2D eigenvalue weighted by Gasteiger charge is -2.13. The first-order chi connectivity index (χ1) is 15.0. The molecule has 156 valence electrons. The second kappa shape index (κ2) is 8.88. The third-order valence-corrected chi connectivity index (χ3v) is 5.15. The molecule has 4 rings (SSSR count). The molecule has 3 aromatic carbocycles. The van der Waals surface area contributed by atoms with Crippen molar-refractivity contribution in [2.45, 2.75) is 13.3 Å². The van der Waals surface area contributed by atoms with Crippen molar-refractivity contribution in [3.05, 3.63) is 89.5 Å². The van der Waals surface area contributed by atoms with Gasteiger partial charge in [0.25, 0.3) is 0 Å². The Bertz CT molecular complexity index is 1240. The SMILES string of the molecule is COc1cc(-c2cc(C(=O)O)c3cc(C)ccc3n2)ccc1OCCc1ccccc1. The van der Waals surface area contributed by atoms with Crippen LogP contribution in [0, 0.1) is 6.92 Å². The molecule has 0 aliphatic rings. The number of aryl methyl sites for hydroxylation is 1. The average Bonchev–Trinajstić information content (AvgIpc) is 2.79. The van der Waals surface area contributed by atoms with Crippen molar-refractivity contribution >= 4 is 16.9 Å². The lowest BCUT2D eigenvalue weighted by atomic mass is 10.0. The highest BCUT2D eigenvalue weighted by Crippen LogP contribution is 2.33. The van der Waals surface area contributed by atoms with Crippen molar-refractivity contribution in [3.8, 4) is 22.8 Å². The zero-order valence-corrected chi connectivity index (χ0v) is 17.5. The minimum atomic E-state index is -0.980. The fraction of sp³-hybridized carbons (Fsp3) is 0.154. The molecule has 5 nitrogen and oxygen atoms in total. The lowest BCUT2D eigenvalue weighted by molar-refractivity contribution is 0.0699. The van der Waals surface area contributed by atoms with Gasteiger partial charge in [-0.2, -0.15) is 0 Å². The summed E-state index contributed by atoms with van der Waals surface area (Å²) in [6.45, 7) is 2.46. The maximum atomic E-state index is 11.8. The van der Waals surface area contributed by atoms with Crippen molar-refractivity contribution in [1.29, 1.82) is 0 Å². The molecule has 1 heterocycles. The van der Waals surface area contributed by atoms with E-state index in [0.29, 0.717) is 34.7 Å². The third kappa shape index (κ3) is 4.51. The van der Waals surface area contributed by atoms with Crippen LogP contribution in [-0.2, 0) is 6.42 Å². The number of ether oxygens (including phenoxy) is 2. The predicted octanol–water partition coefficient (Wildman–Crippen LogP) is 5.54. The number of carbonyl (C=O) groups is 1. The molecule has 0 unspecified atom stereocenters. The molecule has 0 amide bonds. The Morgan fingerprint density at radius 2 is 1.77 bits per heavy atom. The van der Waals surface area contributed by atoms with Gasteiger partial charge >= 0.3 is 5.97 Å². The Morgan fingerprint density at radius 1 is 0.968 bits per heavy atom. The van der Waals surface area contributed by atoms with Crippen molar-refractivity contribution in [3.63, 3.8) is 0 Å². The van der Waals surface area contributed by atoms with Crippen LogP contribution in [0.2, 0.25) is 0 Å². The number of carboxylic acids is 1. The first-order valence-corrected chi connectivity index (χ1v) is 10.0. The monoisotopic (exact) mass is 413 g/mol. The van der Waals surface area contributed by atoms with Crippen LogP contribution >= 0.6 is 0 Å². The van der Waals surface area contributed by atoms with E-state index < -0.39 is 5.97 Å². The summed E-state index contributed by atoms with van der Waals surface area (Å²) in [4.78, 5) is 16.5. The Morgan fingerprint density at radius 3 is 2.52 bits per heavy atom. The van der Waals surface area contributed by atoms with Crippen molar-refractivity contribution in [2.24, 2.45) is 0 Å². The maximum absolute atomic E-state index is 11.8. The number of methoxy groups -OCH3 is 1. The molecule has 4 aromatic rings. The van der Waals surface area contributed by atoms with E-state index in [1.54, 1.807) is 13.2 Å². The molecule has 31 heavy (non-hydrogen) atoms. The smallest absolute Gasteiger partial charge is 0.336 e. The largest absolute Gasteiger partial charge is 0.493 e. The van der Waals surface area contributed by atoms with Gasteiger partial charge in [0.1, 0.15) is 0 Å². The fourth-order valence-electron chi connectivity index (χ4n) is 3.53. The van der Waals surface area contributed by atoms with E-state index in [4.69, 9.17) is 9.47 Å². The van der Waals surface area contributed by atoms with E-state index in [-0.39, 0.29) is 5.56 Å².